The molecule has 1 aliphatic carbocycles. The lowest BCUT2D eigenvalue weighted by atomic mass is 9.98. The highest BCUT2D eigenvalue weighted by Gasteiger charge is 2.15. The Labute approximate surface area is 119 Å². The van der Waals surface area contributed by atoms with E-state index < -0.39 is 0 Å². The molecule has 0 spiro atoms. The molecule has 1 aromatic rings. The highest BCUT2D eigenvalue weighted by atomic mass is 16.5. The van der Waals surface area contributed by atoms with E-state index >= 15 is 0 Å². The van der Waals surface area contributed by atoms with Gasteiger partial charge in [-0.1, -0.05) is 19.3 Å². The molecule has 0 atom stereocenters. The van der Waals surface area contributed by atoms with Crippen molar-refractivity contribution in [3.63, 3.8) is 0 Å². The van der Waals surface area contributed by atoms with E-state index in [9.17, 15) is 4.79 Å². The van der Waals surface area contributed by atoms with Gasteiger partial charge in [0.1, 0.15) is 12.4 Å². The molecular formula is C15H22N2O3. The second-order valence-corrected chi connectivity index (χ2v) is 5.08. The van der Waals surface area contributed by atoms with Gasteiger partial charge in [-0.05, 0) is 25.0 Å². The molecule has 0 aromatic heterocycles. The lowest BCUT2D eigenvalue weighted by Crippen LogP contribution is -2.24. The fraction of sp³-hybridized carbons (Fsp3) is 0.533. The Bertz CT molecular complexity index is 456. The van der Waals surface area contributed by atoms with Crippen molar-refractivity contribution in [2.24, 2.45) is 0 Å². The van der Waals surface area contributed by atoms with Gasteiger partial charge in [0.25, 0.3) is 0 Å². The molecule has 1 saturated carbocycles. The van der Waals surface area contributed by atoms with E-state index in [0.717, 1.165) is 12.8 Å². The van der Waals surface area contributed by atoms with Crippen LogP contribution in [0.5, 0.6) is 5.75 Å². The Balaban J connectivity index is 1.84. The smallest absolute Gasteiger partial charge is 0.250 e. The SMILES string of the molecule is COc1cc(N)ccc1NC(=O)COC1CCCCC1. The van der Waals surface area contributed by atoms with Gasteiger partial charge in [-0.3, -0.25) is 4.79 Å². The molecule has 1 aromatic carbocycles. The van der Waals surface area contributed by atoms with Crippen LogP contribution in [0, 0.1) is 0 Å². The first kappa shape index (κ1) is 14.7. The summed E-state index contributed by atoms with van der Waals surface area (Å²) in [5.41, 5.74) is 6.88. The molecule has 5 heteroatoms. The van der Waals surface area contributed by atoms with Gasteiger partial charge in [-0.25, -0.2) is 0 Å². The molecule has 0 bridgehead atoms. The van der Waals surface area contributed by atoms with Gasteiger partial charge >= 0.3 is 0 Å². The summed E-state index contributed by atoms with van der Waals surface area (Å²) in [5, 5.41) is 2.78. The zero-order valence-electron chi connectivity index (χ0n) is 11.9. The Kier molecular flexibility index (Phi) is 5.24. The summed E-state index contributed by atoms with van der Waals surface area (Å²) < 4.78 is 10.8. The van der Waals surface area contributed by atoms with Crippen LogP contribution in [0.2, 0.25) is 0 Å². The standard InChI is InChI=1S/C15H22N2O3/c1-19-14-9-11(16)7-8-13(14)17-15(18)10-20-12-5-3-2-4-6-12/h7-9,12H,2-6,10,16H2,1H3,(H,17,18). The zero-order chi connectivity index (χ0) is 14.4. The Hall–Kier alpha value is -1.75. The van der Waals surface area contributed by atoms with E-state index in [1.807, 2.05) is 0 Å². The van der Waals surface area contributed by atoms with Gasteiger partial charge in [0.2, 0.25) is 5.91 Å². The predicted molar refractivity (Wildman–Crippen MR) is 78.9 cm³/mol. The van der Waals surface area contributed by atoms with Crippen LogP contribution in [0.1, 0.15) is 32.1 Å². The number of nitrogen functional groups attached to an aromatic ring is 1. The van der Waals surface area contributed by atoms with Gasteiger partial charge in [0.05, 0.1) is 18.9 Å². The number of rotatable bonds is 5. The van der Waals surface area contributed by atoms with E-state index in [-0.39, 0.29) is 18.6 Å². The van der Waals surface area contributed by atoms with E-state index in [2.05, 4.69) is 5.32 Å². The molecule has 0 heterocycles. The van der Waals surface area contributed by atoms with Crippen molar-refractivity contribution in [3.05, 3.63) is 18.2 Å². The molecule has 5 nitrogen and oxygen atoms in total. The van der Waals surface area contributed by atoms with Crippen LogP contribution in [-0.2, 0) is 9.53 Å². The Morgan fingerprint density at radius 2 is 2.10 bits per heavy atom. The van der Waals surface area contributed by atoms with E-state index in [1.165, 1.54) is 19.3 Å². The van der Waals surface area contributed by atoms with Crippen LogP contribution >= 0.6 is 0 Å². The number of methoxy groups -OCH3 is 1. The van der Waals surface area contributed by atoms with E-state index in [0.29, 0.717) is 17.1 Å². The molecule has 0 unspecified atom stereocenters. The monoisotopic (exact) mass is 278 g/mol. The van der Waals surface area contributed by atoms with Crippen molar-refractivity contribution < 1.29 is 14.3 Å². The number of anilines is 2. The second kappa shape index (κ2) is 7.14. The van der Waals surface area contributed by atoms with Crippen LogP contribution in [0.3, 0.4) is 0 Å². The summed E-state index contributed by atoms with van der Waals surface area (Å²) in [5.74, 6) is 0.384. The number of carbonyl (C=O) groups excluding carboxylic acids is 1. The van der Waals surface area contributed by atoms with Crippen molar-refractivity contribution in [2.45, 2.75) is 38.2 Å². The number of nitrogens with one attached hydrogen (secondary N) is 1. The molecule has 1 amide bonds. The number of benzene rings is 1. The quantitative estimate of drug-likeness (QED) is 0.812. The summed E-state index contributed by atoms with van der Waals surface area (Å²) >= 11 is 0. The number of hydrogen-bond donors (Lipinski definition) is 2. The molecule has 0 saturated heterocycles. The molecule has 110 valence electrons. The fourth-order valence-corrected chi connectivity index (χ4v) is 2.42. The lowest BCUT2D eigenvalue weighted by molar-refractivity contribution is -0.123. The first-order valence-electron chi connectivity index (χ1n) is 7.04. The van der Waals surface area contributed by atoms with Gasteiger partial charge in [0.15, 0.2) is 0 Å². The van der Waals surface area contributed by atoms with Gasteiger partial charge in [-0.2, -0.15) is 0 Å². The summed E-state index contributed by atoms with van der Waals surface area (Å²) in [6.07, 6.45) is 5.99. The van der Waals surface area contributed by atoms with E-state index in [1.54, 1.807) is 25.3 Å². The molecule has 2 rings (SSSR count). The third kappa shape index (κ3) is 4.13. The molecule has 0 aliphatic heterocycles. The third-order valence-electron chi connectivity index (χ3n) is 3.50. The van der Waals surface area contributed by atoms with Crippen LogP contribution in [0.25, 0.3) is 0 Å². The van der Waals surface area contributed by atoms with Crippen LogP contribution < -0.4 is 15.8 Å². The normalized spacial score (nSPS) is 15.8. The van der Waals surface area contributed by atoms with Gasteiger partial charge in [-0.15, -0.1) is 0 Å². The Morgan fingerprint density at radius 3 is 2.80 bits per heavy atom. The van der Waals surface area contributed by atoms with Crippen molar-refractivity contribution in [1.29, 1.82) is 0 Å². The molecule has 0 radical (unpaired) electrons. The topological polar surface area (TPSA) is 73.6 Å². The largest absolute Gasteiger partial charge is 0.494 e. The first-order valence-corrected chi connectivity index (χ1v) is 7.04. The summed E-state index contributed by atoms with van der Waals surface area (Å²) in [7, 11) is 1.54. The van der Waals surface area contributed by atoms with Crippen molar-refractivity contribution in [3.8, 4) is 5.75 Å². The first-order chi connectivity index (χ1) is 9.69. The molecule has 1 fully saturated rings. The fourth-order valence-electron chi connectivity index (χ4n) is 2.42. The van der Waals surface area contributed by atoms with Crippen molar-refractivity contribution in [2.75, 3.05) is 24.8 Å². The average molecular weight is 278 g/mol. The van der Waals surface area contributed by atoms with Crippen molar-refractivity contribution >= 4 is 17.3 Å². The number of carbonyl (C=O) groups is 1. The predicted octanol–water partition coefficient (Wildman–Crippen LogP) is 2.57. The maximum Gasteiger partial charge on any atom is 0.250 e. The minimum atomic E-state index is -0.168. The highest BCUT2D eigenvalue weighted by Crippen LogP contribution is 2.26. The number of ether oxygens (including phenoxy) is 2. The summed E-state index contributed by atoms with van der Waals surface area (Å²) in [4.78, 5) is 11.9. The number of hydrogen-bond acceptors (Lipinski definition) is 4. The van der Waals surface area contributed by atoms with Crippen LogP contribution in [0.15, 0.2) is 18.2 Å². The van der Waals surface area contributed by atoms with Gasteiger partial charge in [0, 0.05) is 11.8 Å². The molecule has 3 N–H and O–H groups in total. The summed E-state index contributed by atoms with van der Waals surface area (Å²) in [6.45, 7) is 0.0815. The van der Waals surface area contributed by atoms with Crippen LogP contribution in [-0.4, -0.2) is 25.7 Å². The highest BCUT2D eigenvalue weighted by molar-refractivity contribution is 5.93. The third-order valence-corrected chi connectivity index (χ3v) is 3.50. The molecule has 1 aliphatic rings. The minimum Gasteiger partial charge on any atom is -0.494 e. The number of nitrogens with two attached hydrogens (primary N) is 1. The average Bonchev–Trinajstić information content (AvgIpc) is 2.48. The maximum atomic E-state index is 11.9. The molecule has 20 heavy (non-hydrogen) atoms. The zero-order valence-corrected chi connectivity index (χ0v) is 11.9. The van der Waals surface area contributed by atoms with E-state index in [4.69, 9.17) is 15.2 Å². The van der Waals surface area contributed by atoms with Gasteiger partial charge < -0.3 is 20.5 Å². The van der Waals surface area contributed by atoms with Crippen LogP contribution in [0.4, 0.5) is 11.4 Å². The maximum absolute atomic E-state index is 11.9. The molecular weight excluding hydrogens is 256 g/mol. The van der Waals surface area contributed by atoms with Crippen molar-refractivity contribution in [1.82, 2.24) is 0 Å². The lowest BCUT2D eigenvalue weighted by Gasteiger charge is -2.21. The number of amides is 1. The second-order valence-electron chi connectivity index (χ2n) is 5.08. The summed E-state index contributed by atoms with van der Waals surface area (Å²) in [6, 6.07) is 5.13. The Morgan fingerprint density at radius 1 is 1.35 bits per heavy atom. The minimum absolute atomic E-state index is 0.0815.